The lowest BCUT2D eigenvalue weighted by molar-refractivity contribution is 0.199. The topological polar surface area (TPSA) is 104 Å². The van der Waals surface area contributed by atoms with E-state index in [2.05, 4.69) is 26.8 Å². The maximum atomic E-state index is 11.6. The predicted octanol–water partition coefficient (Wildman–Crippen LogP) is 4.87. The Kier molecular flexibility index (Phi) is 12.1. The molecule has 148 valence electrons. The molecule has 0 aromatic rings. The summed E-state index contributed by atoms with van der Waals surface area (Å²) in [6, 6.07) is 0. The standard InChI is InChI=1S/C17H34O6P2/c1-15(2)7-5-8-16(3)9-6-10-17(4)11-12-23-13-24(18,19)14-25(20,21)22/h9,11,15H,5-8,10,12-14H2,1-4H3,(H,18,19)(H2,20,21,22). The molecule has 0 aromatic heterocycles. The van der Waals surface area contributed by atoms with Gasteiger partial charge < -0.3 is 19.4 Å². The van der Waals surface area contributed by atoms with Gasteiger partial charge in [-0.15, -0.1) is 0 Å². The second-order valence-electron chi connectivity index (χ2n) is 7.08. The number of allylic oxidation sites excluding steroid dienone is 3. The van der Waals surface area contributed by atoms with Crippen molar-refractivity contribution in [2.75, 3.05) is 18.9 Å². The first kappa shape index (κ1) is 24.8. The molecule has 0 fully saturated rings. The molecule has 0 aliphatic heterocycles. The molecule has 0 spiro atoms. The molecule has 0 aromatic carbocycles. The first-order valence-electron chi connectivity index (χ1n) is 8.66. The van der Waals surface area contributed by atoms with E-state index in [9.17, 15) is 14.0 Å². The third-order valence-corrected chi connectivity index (χ3v) is 7.46. The average Bonchev–Trinajstić information content (AvgIpc) is 2.40. The van der Waals surface area contributed by atoms with Gasteiger partial charge in [-0.3, -0.25) is 9.13 Å². The normalized spacial score (nSPS) is 16.3. The molecule has 1 unspecified atom stereocenters. The van der Waals surface area contributed by atoms with Gasteiger partial charge in [-0.2, -0.15) is 0 Å². The number of ether oxygens (including phenoxy) is 1. The molecule has 0 aliphatic rings. The summed E-state index contributed by atoms with van der Waals surface area (Å²) in [6.45, 7) is 8.75. The minimum Gasteiger partial charge on any atom is -0.367 e. The van der Waals surface area contributed by atoms with Crippen LogP contribution in [0.5, 0.6) is 0 Å². The van der Waals surface area contributed by atoms with E-state index in [1.165, 1.54) is 18.4 Å². The van der Waals surface area contributed by atoms with Crippen molar-refractivity contribution in [2.45, 2.75) is 59.8 Å². The number of hydrogen-bond donors (Lipinski definition) is 3. The van der Waals surface area contributed by atoms with Crippen LogP contribution in [0.25, 0.3) is 0 Å². The fraction of sp³-hybridized carbons (Fsp3) is 0.765. The minimum absolute atomic E-state index is 0.161. The lowest BCUT2D eigenvalue weighted by Gasteiger charge is -2.12. The molecule has 0 aliphatic carbocycles. The highest BCUT2D eigenvalue weighted by atomic mass is 31.2. The van der Waals surface area contributed by atoms with E-state index in [0.717, 1.165) is 30.8 Å². The molecular weight excluding hydrogens is 362 g/mol. The third-order valence-electron chi connectivity index (χ3n) is 3.63. The van der Waals surface area contributed by atoms with Crippen LogP contribution >= 0.6 is 15.0 Å². The fourth-order valence-corrected chi connectivity index (χ4v) is 5.28. The summed E-state index contributed by atoms with van der Waals surface area (Å²) in [7, 11) is -8.46. The molecular formula is C17H34O6P2. The van der Waals surface area contributed by atoms with Gasteiger partial charge >= 0.3 is 7.60 Å². The van der Waals surface area contributed by atoms with Crippen molar-refractivity contribution >= 4 is 15.0 Å². The summed E-state index contributed by atoms with van der Waals surface area (Å²) < 4.78 is 27.4. The van der Waals surface area contributed by atoms with Crippen LogP contribution in [0.3, 0.4) is 0 Å². The highest BCUT2D eigenvalue weighted by Crippen LogP contribution is 2.54. The van der Waals surface area contributed by atoms with E-state index in [1.54, 1.807) is 0 Å². The largest absolute Gasteiger partial charge is 0.367 e. The van der Waals surface area contributed by atoms with Crippen LogP contribution in [-0.4, -0.2) is 33.5 Å². The van der Waals surface area contributed by atoms with E-state index in [4.69, 9.17) is 14.5 Å². The molecule has 0 bridgehead atoms. The zero-order valence-electron chi connectivity index (χ0n) is 15.8. The Labute approximate surface area is 152 Å². The van der Waals surface area contributed by atoms with Gasteiger partial charge in [-0.25, -0.2) is 0 Å². The van der Waals surface area contributed by atoms with Crippen LogP contribution in [0, 0.1) is 5.92 Å². The zero-order valence-corrected chi connectivity index (χ0v) is 17.6. The van der Waals surface area contributed by atoms with Crippen LogP contribution < -0.4 is 0 Å². The molecule has 6 nitrogen and oxygen atoms in total. The first-order valence-corrected chi connectivity index (χ1v) is 12.5. The summed E-state index contributed by atoms with van der Waals surface area (Å²) >= 11 is 0. The predicted molar refractivity (Wildman–Crippen MR) is 103 cm³/mol. The van der Waals surface area contributed by atoms with Crippen molar-refractivity contribution in [1.29, 1.82) is 0 Å². The molecule has 0 heterocycles. The van der Waals surface area contributed by atoms with Gasteiger partial charge in [0.2, 0.25) is 7.37 Å². The van der Waals surface area contributed by atoms with Gasteiger partial charge in [0.25, 0.3) is 0 Å². The summed E-state index contributed by atoms with van der Waals surface area (Å²) in [5.41, 5.74) is 2.53. The Bertz CT molecular complexity index is 533. The Morgan fingerprint density at radius 3 is 2.20 bits per heavy atom. The van der Waals surface area contributed by atoms with Gasteiger partial charge in [0.1, 0.15) is 12.3 Å². The monoisotopic (exact) mass is 396 g/mol. The fourth-order valence-electron chi connectivity index (χ4n) is 2.26. The maximum Gasteiger partial charge on any atom is 0.335 e. The van der Waals surface area contributed by atoms with Crippen molar-refractivity contribution in [2.24, 2.45) is 5.92 Å². The quantitative estimate of drug-likeness (QED) is 0.233. The smallest absolute Gasteiger partial charge is 0.335 e. The van der Waals surface area contributed by atoms with Crippen LogP contribution in [0.1, 0.15) is 59.8 Å². The van der Waals surface area contributed by atoms with Gasteiger partial charge in [-0.1, -0.05) is 43.6 Å². The number of hydrogen-bond acceptors (Lipinski definition) is 3. The van der Waals surface area contributed by atoms with E-state index >= 15 is 0 Å². The summed E-state index contributed by atoms with van der Waals surface area (Å²) in [5, 5.41) is 0. The Balaban J connectivity index is 4.02. The Hall–Kier alpha value is -0.220. The van der Waals surface area contributed by atoms with Gasteiger partial charge in [0.15, 0.2) is 0 Å². The average molecular weight is 396 g/mol. The lowest BCUT2D eigenvalue weighted by Crippen LogP contribution is -2.00. The summed E-state index contributed by atoms with van der Waals surface area (Å²) in [4.78, 5) is 26.9. The van der Waals surface area contributed by atoms with Crippen molar-refractivity contribution in [3.8, 4) is 0 Å². The number of rotatable bonds is 13. The second kappa shape index (κ2) is 12.2. The second-order valence-corrected chi connectivity index (χ2v) is 11.5. The third kappa shape index (κ3) is 17.0. The van der Waals surface area contributed by atoms with E-state index in [1.807, 2.05) is 13.0 Å². The van der Waals surface area contributed by atoms with Crippen molar-refractivity contribution < 1.29 is 28.5 Å². The maximum absolute atomic E-state index is 11.6. The van der Waals surface area contributed by atoms with Crippen molar-refractivity contribution in [3.05, 3.63) is 23.3 Å². The molecule has 0 rings (SSSR count). The van der Waals surface area contributed by atoms with E-state index < -0.39 is 27.2 Å². The SMILES string of the molecule is CC(=CCOCP(=O)(O)CP(=O)(O)O)CCC=C(C)CCCC(C)C. The molecule has 25 heavy (non-hydrogen) atoms. The van der Waals surface area contributed by atoms with Crippen molar-refractivity contribution in [3.63, 3.8) is 0 Å². The van der Waals surface area contributed by atoms with Crippen LogP contribution in [-0.2, 0) is 13.9 Å². The van der Waals surface area contributed by atoms with Gasteiger partial charge in [-0.05, 0) is 45.4 Å². The molecule has 1 atom stereocenters. The Morgan fingerprint density at radius 1 is 1.04 bits per heavy atom. The van der Waals surface area contributed by atoms with Gasteiger partial charge in [0, 0.05) is 0 Å². The summed E-state index contributed by atoms with van der Waals surface area (Å²) in [6.07, 6.45) is 8.99. The zero-order chi connectivity index (χ0) is 19.5. The van der Waals surface area contributed by atoms with Crippen molar-refractivity contribution in [1.82, 2.24) is 0 Å². The molecule has 8 heteroatoms. The highest BCUT2D eigenvalue weighted by Gasteiger charge is 2.29. The molecule has 3 N–H and O–H groups in total. The van der Waals surface area contributed by atoms with Crippen LogP contribution in [0.4, 0.5) is 0 Å². The molecule has 0 saturated carbocycles. The van der Waals surface area contributed by atoms with Crippen LogP contribution in [0.2, 0.25) is 0 Å². The van der Waals surface area contributed by atoms with Crippen LogP contribution in [0.15, 0.2) is 23.3 Å². The first-order chi connectivity index (χ1) is 11.4. The summed E-state index contributed by atoms with van der Waals surface area (Å²) in [5.74, 6) is -0.294. The lowest BCUT2D eigenvalue weighted by atomic mass is 10.0. The van der Waals surface area contributed by atoms with Gasteiger partial charge in [0.05, 0.1) is 6.61 Å². The Morgan fingerprint density at radius 2 is 1.64 bits per heavy atom. The van der Waals surface area contributed by atoms with E-state index in [-0.39, 0.29) is 6.61 Å². The minimum atomic E-state index is -4.51. The molecule has 0 amide bonds. The highest BCUT2D eigenvalue weighted by molar-refractivity contribution is 7.72. The molecule has 0 radical (unpaired) electrons. The van der Waals surface area contributed by atoms with E-state index in [0.29, 0.717) is 0 Å². The molecule has 0 saturated heterocycles.